The van der Waals surface area contributed by atoms with Crippen molar-refractivity contribution in [3.8, 4) is 22.2 Å². The summed E-state index contributed by atoms with van der Waals surface area (Å²) in [4.78, 5) is 12.9. The first-order valence-electron chi connectivity index (χ1n) is 10.1. The first-order valence-corrected chi connectivity index (χ1v) is 11.0. The van der Waals surface area contributed by atoms with Gasteiger partial charge in [-0.2, -0.15) is 13.2 Å². The van der Waals surface area contributed by atoms with Gasteiger partial charge in [0.15, 0.2) is 5.75 Å². The summed E-state index contributed by atoms with van der Waals surface area (Å²) in [7, 11) is 0. The molecule has 0 amide bonds. The fourth-order valence-corrected chi connectivity index (χ4v) is 3.76. The van der Waals surface area contributed by atoms with E-state index in [9.17, 15) is 18.3 Å². The van der Waals surface area contributed by atoms with Crippen molar-refractivity contribution in [1.82, 2.24) is 9.97 Å². The Labute approximate surface area is 188 Å². The maximum absolute atomic E-state index is 13.6. The van der Waals surface area contributed by atoms with E-state index in [1.807, 2.05) is 33.1 Å². The van der Waals surface area contributed by atoms with E-state index in [0.29, 0.717) is 5.69 Å². The molecule has 9 heteroatoms. The Morgan fingerprint density at radius 1 is 1.28 bits per heavy atom. The molecule has 5 nitrogen and oxygen atoms in total. The van der Waals surface area contributed by atoms with Gasteiger partial charge in [-0.15, -0.1) is 11.3 Å². The topological polar surface area (TPSA) is 67.6 Å². The van der Waals surface area contributed by atoms with E-state index in [-0.39, 0.29) is 17.2 Å². The third kappa shape index (κ3) is 5.16. The van der Waals surface area contributed by atoms with Crippen LogP contribution in [0.1, 0.15) is 43.9 Å². The summed E-state index contributed by atoms with van der Waals surface area (Å²) >= 11 is 1.46. The molecule has 0 aliphatic rings. The van der Waals surface area contributed by atoms with Crippen LogP contribution in [0.5, 0.6) is 11.6 Å². The van der Waals surface area contributed by atoms with Gasteiger partial charge in [0.05, 0.1) is 6.61 Å². The minimum atomic E-state index is -4.69. The average molecular weight is 464 g/mol. The van der Waals surface area contributed by atoms with Crippen molar-refractivity contribution in [2.75, 3.05) is 0 Å². The van der Waals surface area contributed by atoms with Crippen molar-refractivity contribution < 1.29 is 23.0 Å². The molecule has 0 bridgehead atoms. The highest BCUT2D eigenvalue weighted by molar-refractivity contribution is 7.13. The normalized spacial score (nSPS) is 13.3. The lowest BCUT2D eigenvalue weighted by Gasteiger charge is -2.17. The van der Waals surface area contributed by atoms with Gasteiger partial charge in [0, 0.05) is 29.0 Å². The smallest absolute Gasteiger partial charge is 0.421 e. The predicted molar refractivity (Wildman–Crippen MR) is 120 cm³/mol. The molecule has 2 heterocycles. The largest absolute Gasteiger partial charge is 0.436 e. The Balaban J connectivity index is 2.16. The summed E-state index contributed by atoms with van der Waals surface area (Å²) in [6.07, 6.45) is -0.966. The van der Waals surface area contributed by atoms with Crippen LogP contribution in [0.4, 0.5) is 18.9 Å². The second-order valence-corrected chi connectivity index (χ2v) is 8.33. The van der Waals surface area contributed by atoms with Gasteiger partial charge in [-0.1, -0.05) is 13.8 Å². The summed E-state index contributed by atoms with van der Waals surface area (Å²) in [6.45, 7) is 7.27. The Hall–Kier alpha value is -2.78. The summed E-state index contributed by atoms with van der Waals surface area (Å²) in [5.74, 6) is -0.229. The zero-order chi connectivity index (χ0) is 23.5. The number of ether oxygens (including phenoxy) is 1. The molecule has 2 aromatic heterocycles. The van der Waals surface area contributed by atoms with Gasteiger partial charge in [0.2, 0.25) is 5.88 Å². The summed E-state index contributed by atoms with van der Waals surface area (Å²) in [6, 6.07) is 4.19. The van der Waals surface area contributed by atoms with Gasteiger partial charge >= 0.3 is 6.18 Å². The third-order valence-electron chi connectivity index (χ3n) is 5.27. The standard InChI is InChI=1S/C23H24F3N3O2S/c1-5-13(2)15(4)29-20-14(3)17(22-27-8-9-32-22)6-7-19(20)31-21-18(23(24,25)26)10-16(12-30)11-28-21/h6-11,13,30H,5,12H2,1-4H3/b29-15-. The first-order chi connectivity index (χ1) is 15.2. The van der Waals surface area contributed by atoms with E-state index in [4.69, 9.17) is 9.73 Å². The van der Waals surface area contributed by atoms with Crippen LogP contribution >= 0.6 is 11.3 Å². The van der Waals surface area contributed by atoms with Crippen molar-refractivity contribution >= 4 is 22.7 Å². The molecular formula is C23H24F3N3O2S. The molecule has 0 aliphatic heterocycles. The quantitative estimate of drug-likeness (QED) is 0.385. The van der Waals surface area contributed by atoms with Crippen LogP contribution < -0.4 is 4.74 Å². The molecule has 1 atom stereocenters. The molecule has 0 saturated carbocycles. The van der Waals surface area contributed by atoms with Crippen LogP contribution in [0.3, 0.4) is 0 Å². The number of hydrogen-bond donors (Lipinski definition) is 1. The van der Waals surface area contributed by atoms with Gasteiger partial charge in [-0.25, -0.2) is 9.97 Å². The number of aliphatic imine (C=N–C) groups is 1. The van der Waals surface area contributed by atoms with Gasteiger partial charge in [-0.05, 0) is 55.5 Å². The van der Waals surface area contributed by atoms with Gasteiger partial charge in [0.1, 0.15) is 16.3 Å². The van der Waals surface area contributed by atoms with Gasteiger partial charge in [0.25, 0.3) is 0 Å². The van der Waals surface area contributed by atoms with Gasteiger partial charge in [-0.3, -0.25) is 4.99 Å². The zero-order valence-corrected chi connectivity index (χ0v) is 19.0. The van der Waals surface area contributed by atoms with Crippen molar-refractivity contribution in [3.05, 3.63) is 52.7 Å². The number of aliphatic hydroxyl groups excluding tert-OH is 1. The number of aromatic nitrogens is 2. The number of benzene rings is 1. The maximum Gasteiger partial charge on any atom is 0.421 e. The molecule has 0 radical (unpaired) electrons. The number of aliphatic hydroxyl groups is 1. The van der Waals surface area contributed by atoms with Crippen molar-refractivity contribution in [1.29, 1.82) is 0 Å². The van der Waals surface area contributed by atoms with E-state index < -0.39 is 24.2 Å². The second-order valence-electron chi connectivity index (χ2n) is 7.44. The van der Waals surface area contributed by atoms with E-state index in [1.54, 1.807) is 18.3 Å². The third-order valence-corrected chi connectivity index (χ3v) is 6.08. The molecule has 1 aromatic carbocycles. The highest BCUT2D eigenvalue weighted by Crippen LogP contribution is 2.43. The monoisotopic (exact) mass is 463 g/mol. The number of pyridine rings is 1. The number of thiazole rings is 1. The highest BCUT2D eigenvalue weighted by Gasteiger charge is 2.36. The molecular weight excluding hydrogens is 439 g/mol. The highest BCUT2D eigenvalue weighted by atomic mass is 32.1. The Morgan fingerprint density at radius 2 is 2.03 bits per heavy atom. The lowest BCUT2D eigenvalue weighted by Crippen LogP contribution is -2.10. The van der Waals surface area contributed by atoms with Crippen molar-refractivity contribution in [2.24, 2.45) is 10.9 Å². The Kier molecular flexibility index (Phi) is 7.30. The number of rotatable bonds is 7. The van der Waals surface area contributed by atoms with Crippen LogP contribution in [-0.4, -0.2) is 20.8 Å². The van der Waals surface area contributed by atoms with Crippen molar-refractivity contribution in [3.63, 3.8) is 0 Å². The fourth-order valence-electron chi connectivity index (χ4n) is 3.04. The maximum atomic E-state index is 13.6. The lowest BCUT2D eigenvalue weighted by molar-refractivity contribution is -0.139. The molecule has 32 heavy (non-hydrogen) atoms. The van der Waals surface area contributed by atoms with Crippen LogP contribution in [0.15, 0.2) is 41.0 Å². The number of nitrogens with zero attached hydrogens (tertiary/aromatic N) is 3. The second kappa shape index (κ2) is 9.79. The summed E-state index contributed by atoms with van der Waals surface area (Å²) < 4.78 is 46.6. The minimum absolute atomic E-state index is 0.0471. The number of alkyl halides is 3. The molecule has 1 unspecified atom stereocenters. The van der Waals surface area contributed by atoms with E-state index in [1.165, 1.54) is 11.3 Å². The van der Waals surface area contributed by atoms with Gasteiger partial charge < -0.3 is 9.84 Å². The lowest BCUT2D eigenvalue weighted by atomic mass is 10.0. The Bertz CT molecular complexity index is 1110. The molecule has 0 fully saturated rings. The molecule has 0 aliphatic carbocycles. The summed E-state index contributed by atoms with van der Waals surface area (Å²) in [5.41, 5.74) is 1.86. The SMILES string of the molecule is CCC(C)/C(C)=N\c1c(Oc2ncc(CO)cc2C(F)(F)F)ccc(-c2nccs2)c1C. The molecule has 3 aromatic rings. The first kappa shape index (κ1) is 23.9. The zero-order valence-electron chi connectivity index (χ0n) is 18.2. The van der Waals surface area contributed by atoms with Crippen LogP contribution in [0, 0.1) is 12.8 Å². The average Bonchev–Trinajstić information content (AvgIpc) is 3.29. The van der Waals surface area contributed by atoms with Crippen LogP contribution in [0.25, 0.3) is 10.6 Å². The number of halogens is 3. The number of hydrogen-bond acceptors (Lipinski definition) is 6. The molecule has 0 saturated heterocycles. The fraction of sp³-hybridized carbons (Fsp3) is 0.348. The van der Waals surface area contributed by atoms with E-state index in [0.717, 1.165) is 40.5 Å². The van der Waals surface area contributed by atoms with Crippen molar-refractivity contribution in [2.45, 2.75) is 46.9 Å². The molecule has 1 N–H and O–H groups in total. The Morgan fingerprint density at radius 3 is 2.62 bits per heavy atom. The van der Waals surface area contributed by atoms with Crippen LogP contribution in [0.2, 0.25) is 0 Å². The molecule has 0 spiro atoms. The molecule has 3 rings (SSSR count). The molecule has 170 valence electrons. The summed E-state index contributed by atoms with van der Waals surface area (Å²) in [5, 5.41) is 11.9. The predicted octanol–water partition coefficient (Wildman–Crippen LogP) is 6.96. The van der Waals surface area contributed by atoms with E-state index in [2.05, 4.69) is 9.97 Å². The van der Waals surface area contributed by atoms with Crippen LogP contribution in [-0.2, 0) is 12.8 Å². The minimum Gasteiger partial charge on any atom is -0.436 e. The van der Waals surface area contributed by atoms with E-state index >= 15 is 0 Å².